The summed E-state index contributed by atoms with van der Waals surface area (Å²) >= 11 is 0. The van der Waals surface area contributed by atoms with Gasteiger partial charge in [-0.1, -0.05) is 6.92 Å². The van der Waals surface area contributed by atoms with Gasteiger partial charge in [-0.15, -0.1) is 0 Å². The molecule has 0 N–H and O–H groups in total. The van der Waals surface area contributed by atoms with Gasteiger partial charge >= 0.3 is 5.97 Å². The molecule has 56 valence electrons. The van der Waals surface area contributed by atoms with Gasteiger partial charge in [0.1, 0.15) is 0 Å². The molecule has 2 aliphatic rings. The molecule has 0 spiro atoms. The summed E-state index contributed by atoms with van der Waals surface area (Å²) in [5.41, 5.74) is -0.0168. The van der Waals surface area contributed by atoms with Crippen LogP contribution in [0.5, 0.6) is 0 Å². The molecular formula is C7H10O3. The van der Waals surface area contributed by atoms with Crippen molar-refractivity contribution in [2.24, 2.45) is 5.41 Å². The van der Waals surface area contributed by atoms with Crippen LogP contribution in [-0.2, 0) is 14.3 Å². The summed E-state index contributed by atoms with van der Waals surface area (Å²) in [4.78, 5) is 10.8. The third-order valence-corrected chi connectivity index (χ3v) is 2.30. The van der Waals surface area contributed by atoms with Crippen molar-refractivity contribution in [2.45, 2.75) is 26.1 Å². The van der Waals surface area contributed by atoms with Gasteiger partial charge in [-0.3, -0.25) is 4.79 Å². The lowest BCUT2D eigenvalue weighted by Crippen LogP contribution is -2.21. The maximum absolute atomic E-state index is 10.8. The minimum atomic E-state index is -0.250. The van der Waals surface area contributed by atoms with E-state index >= 15 is 0 Å². The molecule has 0 radical (unpaired) electrons. The van der Waals surface area contributed by atoms with Crippen LogP contribution in [0.4, 0.5) is 0 Å². The molecule has 0 aliphatic carbocycles. The number of carbonyl (C=O) groups excluding carboxylic acids is 1. The highest BCUT2D eigenvalue weighted by Crippen LogP contribution is 2.43. The first-order valence-corrected chi connectivity index (χ1v) is 3.52. The van der Waals surface area contributed by atoms with E-state index in [-0.39, 0.29) is 17.7 Å². The van der Waals surface area contributed by atoms with Crippen molar-refractivity contribution in [1.82, 2.24) is 0 Å². The summed E-state index contributed by atoms with van der Waals surface area (Å²) in [5.74, 6) is -0.118. The van der Waals surface area contributed by atoms with Gasteiger partial charge in [0.05, 0.1) is 13.0 Å². The molecule has 0 aromatic heterocycles. The molecule has 0 saturated carbocycles. The van der Waals surface area contributed by atoms with E-state index in [1.165, 1.54) is 0 Å². The van der Waals surface area contributed by atoms with Crippen molar-refractivity contribution in [2.75, 3.05) is 6.61 Å². The highest BCUT2D eigenvalue weighted by atomic mass is 16.7. The zero-order valence-electron chi connectivity index (χ0n) is 5.92. The minimum absolute atomic E-state index is 0.0168. The summed E-state index contributed by atoms with van der Waals surface area (Å²) in [7, 11) is 0. The van der Waals surface area contributed by atoms with Crippen molar-refractivity contribution < 1.29 is 14.3 Å². The standard InChI is InChI=1S/C7H10O3/c1-7-2-3-9-6(7)10-5(8)4-7/h6H,2-4H2,1H3/t6-,7+/m0/s1. The Morgan fingerprint density at radius 3 is 3.20 bits per heavy atom. The lowest BCUT2D eigenvalue weighted by Gasteiger charge is -2.16. The van der Waals surface area contributed by atoms with E-state index in [0.29, 0.717) is 6.42 Å². The largest absolute Gasteiger partial charge is 0.435 e. The van der Waals surface area contributed by atoms with Crippen molar-refractivity contribution in [1.29, 1.82) is 0 Å². The van der Waals surface area contributed by atoms with Gasteiger partial charge in [0.2, 0.25) is 6.29 Å². The topological polar surface area (TPSA) is 35.5 Å². The van der Waals surface area contributed by atoms with Gasteiger partial charge in [0.15, 0.2) is 0 Å². The Bertz CT molecular complexity index is 178. The summed E-state index contributed by atoms with van der Waals surface area (Å²) in [6, 6.07) is 0. The SMILES string of the molecule is C[C@]12CCO[C@H]1OC(=O)C2. The van der Waals surface area contributed by atoms with Gasteiger partial charge < -0.3 is 9.47 Å². The highest BCUT2D eigenvalue weighted by molar-refractivity contribution is 5.72. The predicted molar refractivity (Wildman–Crippen MR) is 33.2 cm³/mol. The van der Waals surface area contributed by atoms with E-state index in [1.807, 2.05) is 6.92 Å². The van der Waals surface area contributed by atoms with Crippen LogP contribution in [0.15, 0.2) is 0 Å². The summed E-state index contributed by atoms with van der Waals surface area (Å²) in [5, 5.41) is 0. The van der Waals surface area contributed by atoms with Gasteiger partial charge in [-0.2, -0.15) is 0 Å². The first-order chi connectivity index (χ1) is 4.71. The third-order valence-electron chi connectivity index (χ3n) is 2.30. The number of ether oxygens (including phenoxy) is 2. The van der Waals surface area contributed by atoms with Crippen molar-refractivity contribution in [3.05, 3.63) is 0 Å². The van der Waals surface area contributed by atoms with Crippen LogP contribution in [0.3, 0.4) is 0 Å². The average molecular weight is 142 g/mol. The first-order valence-electron chi connectivity index (χ1n) is 3.52. The van der Waals surface area contributed by atoms with Crippen molar-refractivity contribution in [3.8, 4) is 0 Å². The summed E-state index contributed by atoms with van der Waals surface area (Å²) in [6.45, 7) is 2.77. The lowest BCUT2D eigenvalue weighted by molar-refractivity contribution is -0.160. The molecule has 0 bridgehead atoms. The number of fused-ring (bicyclic) bond motifs is 1. The molecular weight excluding hydrogens is 132 g/mol. The molecule has 0 unspecified atom stereocenters. The Labute approximate surface area is 59.3 Å². The minimum Gasteiger partial charge on any atom is -0.435 e. The average Bonchev–Trinajstić information content (AvgIpc) is 2.20. The number of hydrogen-bond donors (Lipinski definition) is 0. The van der Waals surface area contributed by atoms with E-state index in [1.54, 1.807) is 0 Å². The quantitative estimate of drug-likeness (QED) is 0.467. The molecule has 2 rings (SSSR count). The fourth-order valence-electron chi connectivity index (χ4n) is 1.56. The maximum atomic E-state index is 10.8. The third kappa shape index (κ3) is 0.669. The van der Waals surface area contributed by atoms with Crippen molar-refractivity contribution in [3.63, 3.8) is 0 Å². The van der Waals surface area contributed by atoms with Crippen molar-refractivity contribution >= 4 is 5.97 Å². The van der Waals surface area contributed by atoms with Gasteiger partial charge in [-0.25, -0.2) is 0 Å². The highest BCUT2D eigenvalue weighted by Gasteiger charge is 2.49. The van der Waals surface area contributed by atoms with Crippen LogP contribution in [0, 0.1) is 5.41 Å². The molecule has 2 atom stereocenters. The molecule has 3 heteroatoms. The summed E-state index contributed by atoms with van der Waals surface area (Å²) in [6.07, 6.45) is 1.22. The monoisotopic (exact) mass is 142 g/mol. The number of esters is 1. The normalized spacial score (nSPS) is 45.3. The van der Waals surface area contributed by atoms with Crippen LogP contribution in [0.2, 0.25) is 0 Å². The fraction of sp³-hybridized carbons (Fsp3) is 0.857. The van der Waals surface area contributed by atoms with Crippen LogP contribution < -0.4 is 0 Å². The molecule has 2 heterocycles. The second kappa shape index (κ2) is 1.72. The number of hydrogen-bond acceptors (Lipinski definition) is 3. The molecule has 2 saturated heterocycles. The van der Waals surface area contributed by atoms with E-state index in [0.717, 1.165) is 13.0 Å². The molecule has 2 fully saturated rings. The second-order valence-corrected chi connectivity index (χ2v) is 3.27. The van der Waals surface area contributed by atoms with Crippen LogP contribution in [0.25, 0.3) is 0 Å². The Morgan fingerprint density at radius 1 is 1.70 bits per heavy atom. The van der Waals surface area contributed by atoms with Gasteiger partial charge in [0.25, 0.3) is 0 Å². The Morgan fingerprint density at radius 2 is 2.50 bits per heavy atom. The van der Waals surface area contributed by atoms with Crippen LogP contribution >= 0.6 is 0 Å². The Hall–Kier alpha value is -0.570. The van der Waals surface area contributed by atoms with Gasteiger partial charge in [-0.05, 0) is 6.42 Å². The zero-order chi connectivity index (χ0) is 7.19. The fourth-order valence-corrected chi connectivity index (χ4v) is 1.56. The lowest BCUT2D eigenvalue weighted by atomic mass is 9.87. The number of rotatable bonds is 0. The number of carbonyl (C=O) groups is 1. The zero-order valence-corrected chi connectivity index (χ0v) is 5.92. The van der Waals surface area contributed by atoms with E-state index < -0.39 is 0 Å². The molecule has 0 aromatic carbocycles. The van der Waals surface area contributed by atoms with Crippen LogP contribution in [0.1, 0.15) is 19.8 Å². The second-order valence-electron chi connectivity index (χ2n) is 3.27. The summed E-state index contributed by atoms with van der Waals surface area (Å²) < 4.78 is 10.1. The molecule has 2 aliphatic heterocycles. The maximum Gasteiger partial charge on any atom is 0.308 e. The molecule has 0 amide bonds. The molecule has 10 heavy (non-hydrogen) atoms. The molecule has 3 nitrogen and oxygen atoms in total. The van der Waals surface area contributed by atoms with E-state index in [9.17, 15) is 4.79 Å². The predicted octanol–water partition coefficient (Wildman–Crippen LogP) is 0.686. The smallest absolute Gasteiger partial charge is 0.308 e. The Balaban J connectivity index is 2.22. The van der Waals surface area contributed by atoms with E-state index in [4.69, 9.17) is 9.47 Å². The molecule has 0 aromatic rings. The first kappa shape index (κ1) is 6.16. The van der Waals surface area contributed by atoms with Gasteiger partial charge in [0, 0.05) is 5.41 Å². The van der Waals surface area contributed by atoms with E-state index in [2.05, 4.69) is 0 Å². The Kier molecular flexibility index (Phi) is 1.06. The van der Waals surface area contributed by atoms with Crippen LogP contribution in [-0.4, -0.2) is 18.9 Å².